The molecule has 0 aliphatic heterocycles. The largest absolute Gasteiger partial charge is 0.350 e. The summed E-state index contributed by atoms with van der Waals surface area (Å²) in [6.45, 7) is 4.22. The van der Waals surface area contributed by atoms with E-state index in [-0.39, 0.29) is 18.5 Å². The van der Waals surface area contributed by atoms with Crippen molar-refractivity contribution in [1.82, 2.24) is 5.32 Å². The molecule has 1 aromatic carbocycles. The number of carbonyl (C=O) groups is 2. The van der Waals surface area contributed by atoms with Crippen LogP contribution in [0.2, 0.25) is 0 Å². The molecule has 0 fully saturated rings. The highest BCUT2D eigenvalue weighted by Gasteiger charge is 2.11. The number of nitrogens with two attached hydrogens (primary N) is 1. The van der Waals surface area contributed by atoms with Gasteiger partial charge in [0.05, 0.1) is 18.8 Å². The van der Waals surface area contributed by atoms with Crippen LogP contribution in [-0.2, 0) is 11.3 Å². The highest BCUT2D eigenvalue weighted by atomic mass is 32.1. The van der Waals surface area contributed by atoms with Crippen molar-refractivity contribution in [1.29, 1.82) is 0 Å². The summed E-state index contributed by atoms with van der Waals surface area (Å²) in [6.07, 6.45) is 0. The van der Waals surface area contributed by atoms with Crippen molar-refractivity contribution in [3.8, 4) is 0 Å². The lowest BCUT2D eigenvalue weighted by Gasteiger charge is -2.09. The first-order valence-electron chi connectivity index (χ1n) is 7.18. The molecule has 1 aromatic heterocycles. The van der Waals surface area contributed by atoms with Crippen LogP contribution in [0, 0.1) is 13.8 Å². The Kier molecular flexibility index (Phi) is 5.72. The van der Waals surface area contributed by atoms with Crippen molar-refractivity contribution in [2.24, 2.45) is 5.73 Å². The first-order valence-corrected chi connectivity index (χ1v) is 8.00. The molecule has 6 nitrogen and oxygen atoms in total. The number of hydrogen-bond acceptors (Lipinski definition) is 4. The lowest BCUT2D eigenvalue weighted by Crippen LogP contribution is -2.29. The van der Waals surface area contributed by atoms with E-state index in [0.29, 0.717) is 12.2 Å². The molecule has 3 amide bonds. The normalized spacial score (nSPS) is 10.2. The number of thiophene rings is 1. The fourth-order valence-corrected chi connectivity index (χ4v) is 2.90. The van der Waals surface area contributed by atoms with Gasteiger partial charge in [0.15, 0.2) is 0 Å². The summed E-state index contributed by atoms with van der Waals surface area (Å²) < 4.78 is 0. The van der Waals surface area contributed by atoms with E-state index < -0.39 is 0 Å². The second-order valence-corrected chi connectivity index (χ2v) is 6.46. The van der Waals surface area contributed by atoms with Gasteiger partial charge in [0.1, 0.15) is 0 Å². The highest BCUT2D eigenvalue weighted by Crippen LogP contribution is 2.26. The predicted octanol–water partition coefficient (Wildman–Crippen LogP) is 2.58. The highest BCUT2D eigenvalue weighted by molar-refractivity contribution is 7.12. The molecule has 0 saturated heterocycles. The summed E-state index contributed by atoms with van der Waals surface area (Å²) in [5.74, 6) is -0.230. The summed E-state index contributed by atoms with van der Waals surface area (Å²) >= 11 is 1.52. The Hall–Kier alpha value is -2.38. The van der Waals surface area contributed by atoms with Gasteiger partial charge in [-0.15, -0.1) is 11.3 Å². The summed E-state index contributed by atoms with van der Waals surface area (Å²) in [6, 6.07) is 9.10. The minimum absolute atomic E-state index is 0.0545. The number of rotatable bonds is 5. The number of nitrogens with one attached hydrogen (secondary N) is 3. The standard InChI is InChI=1S/C16H20N4O2S/c1-10-3-5-12(6-4-10)19-16(22)20-13-7-11(2)23-14(13)9-18-15(21)8-17/h3-7H,8-9,17H2,1-2H3,(H,18,21)(H2,19,20,22). The first kappa shape index (κ1) is 17.0. The molecule has 1 heterocycles. The Balaban J connectivity index is 1.99. The van der Waals surface area contributed by atoms with Gasteiger partial charge < -0.3 is 21.7 Å². The van der Waals surface area contributed by atoms with Crippen molar-refractivity contribution >= 4 is 34.6 Å². The molecule has 0 aliphatic carbocycles. The SMILES string of the molecule is Cc1ccc(NC(=O)Nc2cc(C)sc2CNC(=O)CN)cc1. The second kappa shape index (κ2) is 7.75. The lowest BCUT2D eigenvalue weighted by atomic mass is 10.2. The topological polar surface area (TPSA) is 96.2 Å². The van der Waals surface area contributed by atoms with Crippen LogP contribution in [0.4, 0.5) is 16.2 Å². The molecular formula is C16H20N4O2S. The van der Waals surface area contributed by atoms with E-state index >= 15 is 0 Å². The minimum Gasteiger partial charge on any atom is -0.350 e. The maximum Gasteiger partial charge on any atom is 0.323 e. The summed E-state index contributed by atoms with van der Waals surface area (Å²) in [5.41, 5.74) is 7.81. The fourth-order valence-electron chi connectivity index (χ4n) is 1.97. The number of carbonyl (C=O) groups excluding carboxylic acids is 2. The van der Waals surface area contributed by atoms with Crippen LogP contribution in [0.25, 0.3) is 0 Å². The van der Waals surface area contributed by atoms with E-state index in [1.165, 1.54) is 11.3 Å². The number of urea groups is 1. The number of hydrogen-bond donors (Lipinski definition) is 4. The fraction of sp³-hybridized carbons (Fsp3) is 0.250. The zero-order valence-corrected chi connectivity index (χ0v) is 13.9. The lowest BCUT2D eigenvalue weighted by molar-refractivity contribution is -0.119. The molecule has 2 rings (SSSR count). The van der Waals surface area contributed by atoms with E-state index in [1.54, 1.807) is 0 Å². The number of anilines is 2. The van der Waals surface area contributed by atoms with Crippen molar-refractivity contribution in [2.45, 2.75) is 20.4 Å². The molecule has 0 atom stereocenters. The average Bonchev–Trinajstić information content (AvgIpc) is 2.86. The van der Waals surface area contributed by atoms with Gasteiger partial charge in [-0.05, 0) is 32.0 Å². The number of benzene rings is 1. The zero-order valence-electron chi connectivity index (χ0n) is 13.1. The summed E-state index contributed by atoms with van der Waals surface area (Å²) in [5, 5.41) is 8.30. The van der Waals surface area contributed by atoms with Crippen molar-refractivity contribution in [3.05, 3.63) is 45.6 Å². The number of aryl methyl sites for hydroxylation is 2. The average molecular weight is 332 g/mol. The minimum atomic E-state index is -0.321. The van der Waals surface area contributed by atoms with Gasteiger partial charge in [0, 0.05) is 15.4 Å². The quantitative estimate of drug-likeness (QED) is 0.677. The molecule has 7 heteroatoms. The third kappa shape index (κ3) is 5.08. The smallest absolute Gasteiger partial charge is 0.323 e. The third-order valence-electron chi connectivity index (χ3n) is 3.12. The first-order chi connectivity index (χ1) is 11.0. The number of amides is 3. The van der Waals surface area contributed by atoms with Crippen LogP contribution >= 0.6 is 11.3 Å². The molecular weight excluding hydrogens is 312 g/mol. The van der Waals surface area contributed by atoms with Crippen LogP contribution < -0.4 is 21.7 Å². The van der Waals surface area contributed by atoms with Gasteiger partial charge in [-0.2, -0.15) is 0 Å². The van der Waals surface area contributed by atoms with E-state index in [2.05, 4.69) is 16.0 Å². The van der Waals surface area contributed by atoms with Gasteiger partial charge in [0.25, 0.3) is 0 Å². The van der Waals surface area contributed by atoms with Gasteiger partial charge in [-0.3, -0.25) is 4.79 Å². The van der Waals surface area contributed by atoms with Crippen molar-refractivity contribution in [3.63, 3.8) is 0 Å². The van der Waals surface area contributed by atoms with Gasteiger partial charge in [-0.1, -0.05) is 17.7 Å². The van der Waals surface area contributed by atoms with E-state index in [9.17, 15) is 9.59 Å². The molecule has 0 unspecified atom stereocenters. The Bertz CT molecular complexity index is 695. The molecule has 0 radical (unpaired) electrons. The maximum absolute atomic E-state index is 12.1. The van der Waals surface area contributed by atoms with Crippen LogP contribution in [0.3, 0.4) is 0 Å². The molecule has 5 N–H and O–H groups in total. The molecule has 0 saturated carbocycles. The monoisotopic (exact) mass is 332 g/mol. The van der Waals surface area contributed by atoms with Crippen LogP contribution in [-0.4, -0.2) is 18.5 Å². The summed E-state index contributed by atoms with van der Waals surface area (Å²) in [4.78, 5) is 25.3. The third-order valence-corrected chi connectivity index (χ3v) is 4.17. The van der Waals surface area contributed by atoms with Gasteiger partial charge in [0.2, 0.25) is 5.91 Å². The second-order valence-electron chi connectivity index (χ2n) is 5.12. The zero-order chi connectivity index (χ0) is 16.8. The molecule has 0 spiro atoms. The molecule has 2 aromatic rings. The Morgan fingerprint density at radius 2 is 1.83 bits per heavy atom. The van der Waals surface area contributed by atoms with Gasteiger partial charge >= 0.3 is 6.03 Å². The van der Waals surface area contributed by atoms with E-state index in [1.807, 2.05) is 44.2 Å². The van der Waals surface area contributed by atoms with Crippen LogP contribution in [0.1, 0.15) is 15.3 Å². The van der Waals surface area contributed by atoms with Gasteiger partial charge in [-0.25, -0.2) is 4.79 Å². The molecule has 122 valence electrons. The Morgan fingerprint density at radius 3 is 2.48 bits per heavy atom. The van der Waals surface area contributed by atoms with Crippen LogP contribution in [0.15, 0.2) is 30.3 Å². The molecule has 23 heavy (non-hydrogen) atoms. The molecule has 0 bridgehead atoms. The van der Waals surface area contributed by atoms with Crippen molar-refractivity contribution in [2.75, 3.05) is 17.2 Å². The Morgan fingerprint density at radius 1 is 1.13 bits per heavy atom. The van der Waals surface area contributed by atoms with Crippen molar-refractivity contribution < 1.29 is 9.59 Å². The maximum atomic E-state index is 12.1. The van der Waals surface area contributed by atoms with Crippen LogP contribution in [0.5, 0.6) is 0 Å². The Labute approximate surface area is 139 Å². The molecule has 0 aliphatic rings. The summed E-state index contributed by atoms with van der Waals surface area (Å²) in [7, 11) is 0. The van der Waals surface area contributed by atoms with E-state index in [4.69, 9.17) is 5.73 Å². The van der Waals surface area contributed by atoms with E-state index in [0.717, 1.165) is 21.0 Å². The predicted molar refractivity (Wildman–Crippen MR) is 93.8 cm³/mol.